The monoisotopic (exact) mass is 288 g/mol. The number of nitrogens with one attached hydrogen (secondary N) is 1. The van der Waals surface area contributed by atoms with E-state index in [1.54, 1.807) is 17.0 Å². The number of carboxylic acid groups (broad SMARTS) is 1. The standard InChI is InChI=1S/C16H20N2O3/c1-2-3-4-8-17-16(21)18-9-7-12-5-6-13(15(19)20)10-14(12)11-18/h2-3,5-6,10H,4,7-9,11H2,1H3,(H,17,21)(H,19,20)/b3-2+. The Balaban J connectivity index is 1.99. The van der Waals surface area contributed by atoms with Crippen LogP contribution in [0.3, 0.4) is 0 Å². The van der Waals surface area contributed by atoms with E-state index in [9.17, 15) is 9.59 Å². The lowest BCUT2D eigenvalue weighted by molar-refractivity contribution is 0.0696. The molecule has 0 bridgehead atoms. The number of urea groups is 1. The Bertz CT molecular complexity index is 567. The Kier molecular flexibility index (Phi) is 4.98. The van der Waals surface area contributed by atoms with Crippen molar-refractivity contribution in [2.45, 2.75) is 26.3 Å². The van der Waals surface area contributed by atoms with Gasteiger partial charge >= 0.3 is 12.0 Å². The number of fused-ring (bicyclic) bond motifs is 1. The van der Waals surface area contributed by atoms with Crippen LogP contribution in [-0.4, -0.2) is 35.1 Å². The van der Waals surface area contributed by atoms with Gasteiger partial charge in [0.25, 0.3) is 0 Å². The fourth-order valence-corrected chi connectivity index (χ4v) is 2.40. The number of nitrogens with zero attached hydrogens (tertiary/aromatic N) is 1. The fraction of sp³-hybridized carbons (Fsp3) is 0.375. The van der Waals surface area contributed by atoms with Crippen LogP contribution in [-0.2, 0) is 13.0 Å². The summed E-state index contributed by atoms with van der Waals surface area (Å²) in [4.78, 5) is 24.8. The number of rotatable bonds is 4. The van der Waals surface area contributed by atoms with Crippen LogP contribution in [0.5, 0.6) is 0 Å². The highest BCUT2D eigenvalue weighted by Gasteiger charge is 2.21. The Morgan fingerprint density at radius 3 is 2.90 bits per heavy atom. The molecule has 1 aromatic rings. The zero-order chi connectivity index (χ0) is 15.2. The van der Waals surface area contributed by atoms with Crippen molar-refractivity contribution < 1.29 is 14.7 Å². The fourth-order valence-electron chi connectivity index (χ4n) is 2.40. The molecular formula is C16H20N2O3. The summed E-state index contributed by atoms with van der Waals surface area (Å²) >= 11 is 0. The van der Waals surface area contributed by atoms with Crippen molar-refractivity contribution in [2.75, 3.05) is 13.1 Å². The molecule has 0 aliphatic carbocycles. The van der Waals surface area contributed by atoms with Gasteiger partial charge in [0.05, 0.1) is 5.56 Å². The lowest BCUT2D eigenvalue weighted by Crippen LogP contribution is -2.43. The van der Waals surface area contributed by atoms with Crippen molar-refractivity contribution in [3.63, 3.8) is 0 Å². The molecule has 0 saturated heterocycles. The molecule has 5 heteroatoms. The number of benzene rings is 1. The van der Waals surface area contributed by atoms with Crippen molar-refractivity contribution in [3.05, 3.63) is 47.0 Å². The number of carbonyl (C=O) groups excluding carboxylic acids is 1. The minimum absolute atomic E-state index is 0.0918. The summed E-state index contributed by atoms with van der Waals surface area (Å²) < 4.78 is 0. The van der Waals surface area contributed by atoms with Gasteiger partial charge in [-0.05, 0) is 43.0 Å². The van der Waals surface area contributed by atoms with Crippen LogP contribution in [0, 0.1) is 0 Å². The molecule has 1 aromatic carbocycles. The topological polar surface area (TPSA) is 69.6 Å². The summed E-state index contributed by atoms with van der Waals surface area (Å²) in [6.45, 7) is 3.69. The van der Waals surface area contributed by atoms with Crippen LogP contribution < -0.4 is 5.32 Å². The van der Waals surface area contributed by atoms with Crippen LogP contribution in [0.25, 0.3) is 0 Å². The number of amides is 2. The molecule has 0 fully saturated rings. The first-order valence-electron chi connectivity index (χ1n) is 7.11. The van der Waals surface area contributed by atoms with Gasteiger partial charge < -0.3 is 15.3 Å². The van der Waals surface area contributed by atoms with Crippen LogP contribution >= 0.6 is 0 Å². The molecule has 2 rings (SSSR count). The average molecular weight is 288 g/mol. The summed E-state index contributed by atoms with van der Waals surface area (Å²) in [7, 11) is 0. The molecule has 0 radical (unpaired) electrons. The van der Waals surface area contributed by atoms with Gasteiger partial charge in [0.15, 0.2) is 0 Å². The molecule has 1 aliphatic rings. The lowest BCUT2D eigenvalue weighted by Gasteiger charge is -2.29. The van der Waals surface area contributed by atoms with Crippen LogP contribution in [0.1, 0.15) is 34.8 Å². The zero-order valence-corrected chi connectivity index (χ0v) is 12.1. The van der Waals surface area contributed by atoms with E-state index >= 15 is 0 Å². The largest absolute Gasteiger partial charge is 0.478 e. The van der Waals surface area contributed by atoms with Gasteiger partial charge in [0.1, 0.15) is 0 Å². The highest BCUT2D eigenvalue weighted by atomic mass is 16.4. The normalized spacial score (nSPS) is 14.0. The van der Waals surface area contributed by atoms with Gasteiger partial charge in [0, 0.05) is 19.6 Å². The van der Waals surface area contributed by atoms with Gasteiger partial charge in [0.2, 0.25) is 0 Å². The molecule has 0 atom stereocenters. The lowest BCUT2D eigenvalue weighted by atomic mass is 9.97. The third-order valence-corrected chi connectivity index (χ3v) is 3.58. The molecule has 1 aliphatic heterocycles. The van der Waals surface area contributed by atoms with Gasteiger partial charge in [-0.15, -0.1) is 0 Å². The van der Waals surface area contributed by atoms with E-state index in [1.807, 2.05) is 25.1 Å². The third kappa shape index (κ3) is 3.84. The third-order valence-electron chi connectivity index (χ3n) is 3.58. The van der Waals surface area contributed by atoms with Gasteiger partial charge in [-0.25, -0.2) is 9.59 Å². The van der Waals surface area contributed by atoms with E-state index in [4.69, 9.17) is 5.11 Å². The summed E-state index contributed by atoms with van der Waals surface area (Å²) in [5.74, 6) is -0.939. The van der Waals surface area contributed by atoms with Crippen LogP contribution in [0.15, 0.2) is 30.4 Å². The second kappa shape index (κ2) is 6.92. The van der Waals surface area contributed by atoms with E-state index in [0.717, 1.165) is 24.0 Å². The summed E-state index contributed by atoms with van der Waals surface area (Å²) in [5, 5.41) is 11.9. The molecule has 0 spiro atoms. The molecule has 0 saturated carbocycles. The van der Waals surface area contributed by atoms with E-state index in [1.165, 1.54) is 0 Å². The van der Waals surface area contributed by atoms with E-state index in [0.29, 0.717) is 19.6 Å². The average Bonchev–Trinajstić information content (AvgIpc) is 2.50. The zero-order valence-electron chi connectivity index (χ0n) is 12.1. The Hall–Kier alpha value is -2.30. The Morgan fingerprint density at radius 2 is 2.19 bits per heavy atom. The molecule has 2 N–H and O–H groups in total. The molecule has 0 unspecified atom stereocenters. The van der Waals surface area contributed by atoms with E-state index in [2.05, 4.69) is 5.32 Å². The van der Waals surface area contributed by atoms with Crippen molar-refractivity contribution in [1.29, 1.82) is 0 Å². The van der Waals surface area contributed by atoms with Crippen molar-refractivity contribution in [3.8, 4) is 0 Å². The maximum Gasteiger partial charge on any atom is 0.335 e. The number of carbonyl (C=O) groups is 2. The minimum atomic E-state index is -0.939. The van der Waals surface area contributed by atoms with Gasteiger partial charge in [-0.2, -0.15) is 0 Å². The predicted octanol–water partition coefficient (Wildman–Crippen LogP) is 2.42. The molecule has 1 heterocycles. The Labute approximate surface area is 124 Å². The molecule has 5 nitrogen and oxygen atoms in total. The highest BCUT2D eigenvalue weighted by Crippen LogP contribution is 2.20. The number of allylic oxidation sites excluding steroid dienone is 1. The molecule has 112 valence electrons. The summed E-state index contributed by atoms with van der Waals surface area (Å²) in [6, 6.07) is 5.04. The smallest absolute Gasteiger partial charge is 0.335 e. The number of hydrogen-bond donors (Lipinski definition) is 2. The molecule has 2 amide bonds. The van der Waals surface area contributed by atoms with E-state index in [-0.39, 0.29) is 11.6 Å². The quantitative estimate of drug-likeness (QED) is 0.660. The number of hydrogen-bond acceptors (Lipinski definition) is 2. The van der Waals surface area contributed by atoms with Crippen molar-refractivity contribution in [1.82, 2.24) is 10.2 Å². The van der Waals surface area contributed by atoms with E-state index < -0.39 is 5.97 Å². The first kappa shape index (κ1) is 15.1. The SMILES string of the molecule is C/C=C/CCNC(=O)N1CCc2ccc(C(=O)O)cc2C1. The molecule has 0 aromatic heterocycles. The maximum absolute atomic E-state index is 12.1. The number of carboxylic acids is 1. The second-order valence-corrected chi connectivity index (χ2v) is 5.05. The van der Waals surface area contributed by atoms with Gasteiger partial charge in [-0.3, -0.25) is 0 Å². The highest BCUT2D eigenvalue weighted by molar-refractivity contribution is 5.88. The molecular weight excluding hydrogens is 268 g/mol. The van der Waals surface area contributed by atoms with Crippen molar-refractivity contribution in [2.24, 2.45) is 0 Å². The number of aromatic carboxylic acids is 1. The summed E-state index contributed by atoms with van der Waals surface area (Å²) in [6.07, 6.45) is 5.54. The first-order valence-corrected chi connectivity index (χ1v) is 7.11. The second-order valence-electron chi connectivity index (χ2n) is 5.05. The van der Waals surface area contributed by atoms with Crippen LogP contribution in [0.4, 0.5) is 4.79 Å². The maximum atomic E-state index is 12.1. The Morgan fingerprint density at radius 1 is 1.38 bits per heavy atom. The predicted molar refractivity (Wildman–Crippen MR) is 80.3 cm³/mol. The summed E-state index contributed by atoms with van der Waals surface area (Å²) in [5.41, 5.74) is 2.31. The first-order chi connectivity index (χ1) is 10.1. The molecule has 21 heavy (non-hydrogen) atoms. The van der Waals surface area contributed by atoms with Gasteiger partial charge in [-0.1, -0.05) is 18.2 Å². The minimum Gasteiger partial charge on any atom is -0.478 e. The van der Waals surface area contributed by atoms with Crippen LogP contribution in [0.2, 0.25) is 0 Å². The van der Waals surface area contributed by atoms with Crippen molar-refractivity contribution >= 4 is 12.0 Å².